The van der Waals surface area contributed by atoms with Crippen molar-refractivity contribution in [3.63, 3.8) is 0 Å². The lowest BCUT2D eigenvalue weighted by Crippen LogP contribution is -3.00. The molecule has 1 heterocycles. The minimum Gasteiger partial charge on any atom is -1.00 e. The summed E-state index contributed by atoms with van der Waals surface area (Å²) in [6.45, 7) is 0.163. The molecule has 0 bridgehead atoms. The molecular weight excluding hydrogens is 294 g/mol. The first-order valence-electron chi connectivity index (χ1n) is 5.88. The maximum atomic E-state index is 11.4. The van der Waals surface area contributed by atoms with Crippen LogP contribution in [0.4, 0.5) is 0 Å². The number of ether oxygens (including phenoxy) is 2. The molecule has 0 aliphatic carbocycles. The van der Waals surface area contributed by atoms with E-state index in [2.05, 4.69) is 0 Å². The molecule has 1 aliphatic heterocycles. The lowest BCUT2D eigenvalue weighted by Gasteiger charge is -2.04. The first-order chi connectivity index (χ1) is 9.52. The maximum Gasteiger partial charge on any atom is 0.260 e. The van der Waals surface area contributed by atoms with Gasteiger partial charge in [-0.3, -0.25) is 4.79 Å². The van der Waals surface area contributed by atoms with E-state index in [0.29, 0.717) is 22.6 Å². The van der Waals surface area contributed by atoms with E-state index in [1.165, 1.54) is 0 Å². The van der Waals surface area contributed by atoms with Gasteiger partial charge in [-0.2, -0.15) is 5.26 Å². The number of hydrogen-bond acceptors (Lipinski definition) is 4. The summed E-state index contributed by atoms with van der Waals surface area (Å²) in [5, 5.41) is 9.13. The quantitative estimate of drug-likeness (QED) is 0.290. The standard InChI is InChI=1S/C14H13N3O3.ClH/c1-17(2)7-11(10(6-15)14(16)18)9-3-4-12-13(5-9)20-8-19-12;/h3-5,7H,8H2,1-2H3,(H-,16,18);1H/b11-10+;. The third kappa shape index (κ3) is 3.52. The molecule has 6 nitrogen and oxygen atoms in total. The van der Waals surface area contributed by atoms with Gasteiger partial charge in [0.25, 0.3) is 5.91 Å². The number of hydrogen-bond donors (Lipinski definition) is 1. The molecule has 2 N–H and O–H groups in total. The SMILES string of the molecule is C[N+](C)=C/C(=C(/C#N)C(N)=O)c1ccc2c(c1)OCO2.[Cl-]. The monoisotopic (exact) mass is 307 g/mol. The van der Waals surface area contributed by atoms with Gasteiger partial charge in [-0.15, -0.1) is 0 Å². The highest BCUT2D eigenvalue weighted by molar-refractivity contribution is 6.19. The Bertz CT molecular complexity index is 671. The second-order valence-electron chi connectivity index (χ2n) is 4.43. The van der Waals surface area contributed by atoms with E-state index < -0.39 is 5.91 Å². The van der Waals surface area contributed by atoms with Crippen molar-refractivity contribution in [1.29, 1.82) is 5.26 Å². The Kier molecular flexibility index (Phi) is 5.33. The van der Waals surface area contributed by atoms with Crippen molar-refractivity contribution in [2.45, 2.75) is 0 Å². The van der Waals surface area contributed by atoms with Crippen LogP contribution in [0.2, 0.25) is 0 Å². The first kappa shape index (κ1) is 16.5. The third-order valence-corrected chi connectivity index (χ3v) is 2.70. The van der Waals surface area contributed by atoms with E-state index in [-0.39, 0.29) is 24.8 Å². The zero-order chi connectivity index (χ0) is 14.7. The number of allylic oxidation sites excluding steroid dienone is 1. The Morgan fingerprint density at radius 2 is 2.05 bits per heavy atom. The lowest BCUT2D eigenvalue weighted by atomic mass is 10.0. The second-order valence-corrected chi connectivity index (χ2v) is 4.43. The summed E-state index contributed by atoms with van der Waals surface area (Å²) in [6.07, 6.45) is 1.67. The lowest BCUT2D eigenvalue weighted by molar-refractivity contribution is -0.458. The molecule has 1 amide bonds. The van der Waals surface area contributed by atoms with Gasteiger partial charge in [-0.25, -0.2) is 4.58 Å². The normalized spacial score (nSPS) is 12.6. The summed E-state index contributed by atoms with van der Waals surface area (Å²) in [5.74, 6) is 0.447. The summed E-state index contributed by atoms with van der Waals surface area (Å²) in [6, 6.07) is 7.05. The number of nitrogens with zero attached hydrogens (tertiary/aromatic N) is 2. The fourth-order valence-corrected chi connectivity index (χ4v) is 1.85. The Morgan fingerprint density at radius 3 is 2.62 bits per heavy atom. The van der Waals surface area contributed by atoms with Crippen LogP contribution in [0.3, 0.4) is 0 Å². The molecule has 0 aromatic heterocycles. The van der Waals surface area contributed by atoms with Gasteiger partial charge < -0.3 is 27.6 Å². The average molecular weight is 308 g/mol. The molecule has 21 heavy (non-hydrogen) atoms. The molecule has 1 aliphatic rings. The van der Waals surface area contributed by atoms with Crippen LogP contribution in [0.1, 0.15) is 5.56 Å². The predicted octanol–water partition coefficient (Wildman–Crippen LogP) is -2.48. The fraction of sp³-hybridized carbons (Fsp3) is 0.214. The number of nitrogens with two attached hydrogens (primary N) is 1. The molecule has 0 saturated heterocycles. The van der Waals surface area contributed by atoms with Crippen molar-refractivity contribution in [3.05, 3.63) is 29.3 Å². The van der Waals surface area contributed by atoms with Crippen LogP contribution in [0.15, 0.2) is 23.8 Å². The molecule has 1 aromatic rings. The summed E-state index contributed by atoms with van der Waals surface area (Å²) < 4.78 is 12.3. The first-order valence-corrected chi connectivity index (χ1v) is 5.88. The molecule has 110 valence electrons. The van der Waals surface area contributed by atoms with E-state index in [4.69, 9.17) is 20.5 Å². The molecule has 1 aromatic carbocycles. The Morgan fingerprint density at radius 1 is 1.38 bits per heavy atom. The number of rotatable bonds is 3. The molecule has 0 radical (unpaired) electrons. The van der Waals surface area contributed by atoms with Crippen LogP contribution in [-0.4, -0.2) is 37.6 Å². The smallest absolute Gasteiger partial charge is 0.260 e. The van der Waals surface area contributed by atoms with Gasteiger partial charge >= 0.3 is 0 Å². The molecule has 7 heteroatoms. The fourth-order valence-electron chi connectivity index (χ4n) is 1.85. The number of primary amides is 1. The molecule has 0 saturated carbocycles. The number of nitriles is 1. The number of halogens is 1. The van der Waals surface area contributed by atoms with E-state index in [9.17, 15) is 4.79 Å². The molecule has 0 spiro atoms. The van der Waals surface area contributed by atoms with Gasteiger partial charge in [0.15, 0.2) is 17.7 Å². The maximum absolute atomic E-state index is 11.4. The number of carbonyl (C=O) groups is 1. The minimum absolute atomic E-state index is 0. The Hall–Kier alpha value is -2.52. The summed E-state index contributed by atoms with van der Waals surface area (Å²) >= 11 is 0. The number of benzene rings is 1. The number of carbonyl (C=O) groups excluding carboxylic acids is 1. The van der Waals surface area contributed by atoms with Crippen LogP contribution >= 0.6 is 0 Å². The van der Waals surface area contributed by atoms with Crippen molar-refractivity contribution in [2.75, 3.05) is 20.9 Å². The number of amides is 1. The van der Waals surface area contributed by atoms with Crippen molar-refractivity contribution < 1.29 is 31.3 Å². The van der Waals surface area contributed by atoms with Crippen LogP contribution in [0, 0.1) is 11.3 Å². The van der Waals surface area contributed by atoms with Gasteiger partial charge in [0.1, 0.15) is 25.7 Å². The van der Waals surface area contributed by atoms with Crippen molar-refractivity contribution in [3.8, 4) is 17.6 Å². The molecule has 0 unspecified atom stereocenters. The predicted molar refractivity (Wildman–Crippen MR) is 72.5 cm³/mol. The van der Waals surface area contributed by atoms with Crippen LogP contribution in [-0.2, 0) is 4.79 Å². The van der Waals surface area contributed by atoms with Crippen molar-refractivity contribution in [2.24, 2.45) is 5.73 Å². The molecule has 2 rings (SSSR count). The van der Waals surface area contributed by atoms with Gasteiger partial charge in [0.05, 0.1) is 5.57 Å². The van der Waals surface area contributed by atoms with Gasteiger partial charge in [-0.05, 0) is 17.7 Å². The Labute approximate surface area is 128 Å². The van der Waals surface area contributed by atoms with Crippen molar-refractivity contribution >= 4 is 17.7 Å². The molecule has 0 fully saturated rings. The van der Waals surface area contributed by atoms with E-state index >= 15 is 0 Å². The zero-order valence-electron chi connectivity index (χ0n) is 11.6. The molecular formula is C14H14ClN3O3. The van der Waals surface area contributed by atoms with Gasteiger partial charge in [0, 0.05) is 0 Å². The highest BCUT2D eigenvalue weighted by Gasteiger charge is 2.19. The van der Waals surface area contributed by atoms with E-state index in [0.717, 1.165) is 0 Å². The second kappa shape index (κ2) is 6.77. The van der Waals surface area contributed by atoms with Crippen LogP contribution in [0.25, 0.3) is 5.57 Å². The van der Waals surface area contributed by atoms with Crippen LogP contribution < -0.4 is 27.6 Å². The molecule has 0 atom stereocenters. The topological polar surface area (TPSA) is 88.3 Å². The third-order valence-electron chi connectivity index (χ3n) is 2.70. The van der Waals surface area contributed by atoms with Crippen molar-refractivity contribution in [1.82, 2.24) is 0 Å². The van der Waals surface area contributed by atoms with E-state index in [1.807, 2.05) is 6.07 Å². The summed E-state index contributed by atoms with van der Waals surface area (Å²) in [5.41, 5.74) is 6.27. The van der Waals surface area contributed by atoms with Crippen LogP contribution in [0.5, 0.6) is 11.5 Å². The highest BCUT2D eigenvalue weighted by atomic mass is 35.5. The zero-order valence-corrected chi connectivity index (χ0v) is 12.3. The largest absolute Gasteiger partial charge is 1.00 e. The number of fused-ring (bicyclic) bond motifs is 1. The summed E-state index contributed by atoms with van der Waals surface area (Å²) in [4.78, 5) is 11.4. The van der Waals surface area contributed by atoms with Gasteiger partial charge in [0.2, 0.25) is 6.79 Å². The summed E-state index contributed by atoms with van der Waals surface area (Å²) in [7, 11) is 3.59. The Balaban J connectivity index is 0.00000220. The van der Waals surface area contributed by atoms with E-state index in [1.54, 1.807) is 43.1 Å². The highest BCUT2D eigenvalue weighted by Crippen LogP contribution is 2.34. The van der Waals surface area contributed by atoms with Gasteiger partial charge in [-0.1, -0.05) is 6.07 Å². The minimum atomic E-state index is -0.765. The average Bonchev–Trinajstić information content (AvgIpc) is 2.84.